The maximum atomic E-state index is 10.0. The van der Waals surface area contributed by atoms with Crippen molar-refractivity contribution in [3.05, 3.63) is 168 Å². The summed E-state index contributed by atoms with van der Waals surface area (Å²) in [5.74, 6) is 1.43. The van der Waals surface area contributed by atoms with Crippen molar-refractivity contribution in [2.24, 2.45) is 9.98 Å². The van der Waals surface area contributed by atoms with Crippen LogP contribution in [0.25, 0.3) is 33.0 Å². The molecule has 6 aromatic rings. The van der Waals surface area contributed by atoms with E-state index in [2.05, 4.69) is 72.0 Å². The lowest BCUT2D eigenvalue weighted by Crippen LogP contribution is -2.33. The van der Waals surface area contributed by atoms with E-state index in [9.17, 15) is 5.26 Å². The van der Waals surface area contributed by atoms with E-state index in [1.807, 2.05) is 84.9 Å². The Morgan fingerprint density at radius 3 is 1.76 bits per heavy atom. The number of hydrogen-bond acceptors (Lipinski definition) is 4. The van der Waals surface area contributed by atoms with Crippen molar-refractivity contribution in [3.8, 4) is 28.3 Å². The molecule has 6 aromatic carbocycles. The number of aliphatic imine (C=N–C) groups is 2. The van der Waals surface area contributed by atoms with Gasteiger partial charge in [0.15, 0.2) is 5.84 Å². The van der Waals surface area contributed by atoms with Crippen molar-refractivity contribution in [1.82, 2.24) is 5.32 Å². The van der Waals surface area contributed by atoms with Gasteiger partial charge in [-0.3, -0.25) is 0 Å². The average Bonchev–Trinajstić information content (AvgIpc) is 3.08. The number of hydrogen-bond donors (Lipinski definition) is 1. The number of nitriles is 1. The van der Waals surface area contributed by atoms with Gasteiger partial charge in [0, 0.05) is 11.1 Å². The molecule has 0 fully saturated rings. The third kappa shape index (κ3) is 4.96. The van der Waals surface area contributed by atoms with Crippen molar-refractivity contribution in [2.45, 2.75) is 6.17 Å². The predicted octanol–water partition coefficient (Wildman–Crippen LogP) is 8.54. The van der Waals surface area contributed by atoms with Crippen LogP contribution in [0.5, 0.6) is 0 Å². The Balaban J connectivity index is 1.29. The molecular formula is C38H26N4. The summed E-state index contributed by atoms with van der Waals surface area (Å²) in [5.41, 5.74) is 8.02. The van der Waals surface area contributed by atoms with Gasteiger partial charge in [-0.15, -0.1) is 0 Å². The topological polar surface area (TPSA) is 60.5 Å². The molecule has 0 saturated carbocycles. The fourth-order valence-electron chi connectivity index (χ4n) is 5.38. The molecule has 0 aromatic heterocycles. The summed E-state index contributed by atoms with van der Waals surface area (Å²) in [6.45, 7) is 0. The van der Waals surface area contributed by atoms with Gasteiger partial charge in [-0.1, -0.05) is 127 Å². The standard InChI is InChI=1S/C38H26N4/c39-25-34-24-32(28-18-16-27(17-19-28)26-10-4-1-5-11-26)23-33-22-31(20-21-35(33)34)38-41-36(29-12-6-2-7-13-29)40-37(42-38)30-14-8-3-9-15-30/h1-24,36H,(H,40,41,42). The first-order chi connectivity index (χ1) is 20.7. The molecule has 4 heteroatoms. The summed E-state index contributed by atoms with van der Waals surface area (Å²) in [5, 5.41) is 15.5. The molecule has 0 amide bonds. The van der Waals surface area contributed by atoms with Gasteiger partial charge in [0.1, 0.15) is 12.0 Å². The highest BCUT2D eigenvalue weighted by Gasteiger charge is 2.21. The number of benzene rings is 6. The maximum absolute atomic E-state index is 10.0. The van der Waals surface area contributed by atoms with E-state index in [-0.39, 0.29) is 6.17 Å². The highest BCUT2D eigenvalue weighted by atomic mass is 15.2. The van der Waals surface area contributed by atoms with Crippen molar-refractivity contribution in [3.63, 3.8) is 0 Å². The molecule has 0 radical (unpaired) electrons. The van der Waals surface area contributed by atoms with Crippen LogP contribution in [0.15, 0.2) is 156 Å². The Morgan fingerprint density at radius 2 is 1.10 bits per heavy atom. The van der Waals surface area contributed by atoms with E-state index in [1.54, 1.807) is 0 Å². The minimum atomic E-state index is -0.270. The van der Waals surface area contributed by atoms with Gasteiger partial charge in [0.25, 0.3) is 0 Å². The molecule has 1 N–H and O–H groups in total. The Hall–Kier alpha value is -5.79. The highest BCUT2D eigenvalue weighted by molar-refractivity contribution is 6.14. The van der Waals surface area contributed by atoms with Crippen LogP contribution in [0, 0.1) is 11.3 Å². The van der Waals surface area contributed by atoms with E-state index in [0.717, 1.165) is 50.0 Å². The first kappa shape index (κ1) is 25.2. The molecule has 7 rings (SSSR count). The number of nitrogens with zero attached hydrogens (tertiary/aromatic N) is 3. The summed E-state index contributed by atoms with van der Waals surface area (Å²) < 4.78 is 0. The lowest BCUT2D eigenvalue weighted by Gasteiger charge is -2.24. The molecule has 198 valence electrons. The molecule has 0 spiro atoms. The van der Waals surface area contributed by atoms with E-state index in [0.29, 0.717) is 11.4 Å². The molecule has 0 saturated heterocycles. The fourth-order valence-corrected chi connectivity index (χ4v) is 5.38. The van der Waals surface area contributed by atoms with Gasteiger partial charge < -0.3 is 5.32 Å². The Kier molecular flexibility index (Phi) is 6.60. The lowest BCUT2D eigenvalue weighted by molar-refractivity contribution is 0.674. The molecule has 0 aliphatic carbocycles. The molecule has 1 unspecified atom stereocenters. The van der Waals surface area contributed by atoms with Crippen molar-refractivity contribution in [2.75, 3.05) is 0 Å². The van der Waals surface area contributed by atoms with Crippen LogP contribution in [-0.4, -0.2) is 11.7 Å². The summed E-state index contributed by atoms with van der Waals surface area (Å²) in [4.78, 5) is 9.90. The normalized spacial score (nSPS) is 14.4. The molecule has 4 nitrogen and oxygen atoms in total. The molecule has 1 aliphatic heterocycles. The summed E-state index contributed by atoms with van der Waals surface area (Å²) in [7, 11) is 0. The van der Waals surface area contributed by atoms with Gasteiger partial charge in [-0.2, -0.15) is 5.26 Å². The van der Waals surface area contributed by atoms with E-state index in [4.69, 9.17) is 9.98 Å². The largest absolute Gasteiger partial charge is 0.344 e. The zero-order valence-corrected chi connectivity index (χ0v) is 22.8. The maximum Gasteiger partial charge on any atom is 0.159 e. The predicted molar refractivity (Wildman–Crippen MR) is 171 cm³/mol. The second-order valence-electron chi connectivity index (χ2n) is 10.3. The minimum absolute atomic E-state index is 0.270. The highest BCUT2D eigenvalue weighted by Crippen LogP contribution is 2.31. The molecule has 1 heterocycles. The second kappa shape index (κ2) is 11.0. The van der Waals surface area contributed by atoms with Crippen molar-refractivity contribution < 1.29 is 0 Å². The van der Waals surface area contributed by atoms with Gasteiger partial charge in [0.05, 0.1) is 11.6 Å². The molecule has 1 aliphatic rings. The number of fused-ring (bicyclic) bond motifs is 1. The minimum Gasteiger partial charge on any atom is -0.344 e. The van der Waals surface area contributed by atoms with Crippen LogP contribution in [-0.2, 0) is 0 Å². The van der Waals surface area contributed by atoms with E-state index < -0.39 is 0 Å². The number of amidine groups is 2. The van der Waals surface area contributed by atoms with Crippen LogP contribution >= 0.6 is 0 Å². The zero-order valence-electron chi connectivity index (χ0n) is 22.8. The smallest absolute Gasteiger partial charge is 0.159 e. The summed E-state index contributed by atoms with van der Waals surface area (Å²) >= 11 is 0. The van der Waals surface area contributed by atoms with Crippen LogP contribution in [0.1, 0.15) is 28.4 Å². The van der Waals surface area contributed by atoms with Gasteiger partial charge in [-0.25, -0.2) is 9.98 Å². The molecule has 0 bridgehead atoms. The first-order valence-electron chi connectivity index (χ1n) is 13.9. The van der Waals surface area contributed by atoms with Crippen molar-refractivity contribution >= 4 is 22.4 Å². The SMILES string of the molecule is N#Cc1cc(-c2ccc(-c3ccccc3)cc2)cc2cc(C3=NC(c4ccccc4)=NC(c4ccccc4)N3)ccc12. The van der Waals surface area contributed by atoms with Gasteiger partial charge >= 0.3 is 0 Å². The molecular weight excluding hydrogens is 512 g/mol. The Bertz CT molecular complexity index is 1990. The van der Waals surface area contributed by atoms with E-state index in [1.165, 1.54) is 5.56 Å². The quantitative estimate of drug-likeness (QED) is 0.239. The van der Waals surface area contributed by atoms with Crippen LogP contribution in [0.2, 0.25) is 0 Å². The Morgan fingerprint density at radius 1 is 0.548 bits per heavy atom. The zero-order chi connectivity index (χ0) is 28.3. The third-order valence-electron chi connectivity index (χ3n) is 7.56. The van der Waals surface area contributed by atoms with Crippen LogP contribution in [0.4, 0.5) is 0 Å². The van der Waals surface area contributed by atoms with E-state index >= 15 is 0 Å². The molecule has 42 heavy (non-hydrogen) atoms. The van der Waals surface area contributed by atoms with Gasteiger partial charge in [-0.05, 0) is 56.8 Å². The van der Waals surface area contributed by atoms with Gasteiger partial charge in [0.2, 0.25) is 0 Å². The monoisotopic (exact) mass is 538 g/mol. The average molecular weight is 539 g/mol. The fraction of sp³-hybridized carbons (Fsp3) is 0.0263. The third-order valence-corrected chi connectivity index (χ3v) is 7.56. The summed E-state index contributed by atoms with van der Waals surface area (Å²) in [6.07, 6.45) is -0.270. The second-order valence-corrected chi connectivity index (χ2v) is 10.3. The summed E-state index contributed by atoms with van der Waals surface area (Å²) in [6, 6.07) is 51.8. The first-order valence-corrected chi connectivity index (χ1v) is 13.9. The van der Waals surface area contributed by atoms with Crippen molar-refractivity contribution in [1.29, 1.82) is 5.26 Å². The Labute approximate surface area is 245 Å². The number of rotatable bonds is 5. The molecule has 1 atom stereocenters. The number of nitrogens with one attached hydrogen (secondary N) is 1. The lowest BCUT2D eigenvalue weighted by atomic mass is 9.94. The van der Waals surface area contributed by atoms with Crippen LogP contribution < -0.4 is 5.32 Å². The van der Waals surface area contributed by atoms with Crippen LogP contribution in [0.3, 0.4) is 0 Å².